The number of aliphatic carboxylic acids is 1. The number of nitrogens with one attached hydrogen (secondary N) is 2. The minimum atomic E-state index is -1.07. The van der Waals surface area contributed by atoms with Crippen molar-refractivity contribution in [1.29, 1.82) is 0 Å². The van der Waals surface area contributed by atoms with Crippen molar-refractivity contribution in [2.75, 3.05) is 5.32 Å². The third kappa shape index (κ3) is 5.06. The van der Waals surface area contributed by atoms with Gasteiger partial charge in [0.25, 0.3) is 5.91 Å². The van der Waals surface area contributed by atoms with Gasteiger partial charge in [-0.2, -0.15) is 0 Å². The van der Waals surface area contributed by atoms with Crippen LogP contribution in [0.1, 0.15) is 60.3 Å². The first-order valence-corrected chi connectivity index (χ1v) is 8.56. The molecular weight excluding hydrogens is 316 g/mol. The Kier molecular flexibility index (Phi) is 7.22. The highest BCUT2D eigenvalue weighted by atomic mass is 32.1. The molecule has 0 aliphatic rings. The molecule has 1 atom stereocenters. The number of rotatable bonds is 8. The van der Waals surface area contributed by atoms with Crippen LogP contribution < -0.4 is 10.6 Å². The van der Waals surface area contributed by atoms with E-state index >= 15 is 0 Å². The fourth-order valence-corrected chi connectivity index (χ4v) is 3.16. The number of hydrogen-bond donors (Lipinski definition) is 3. The largest absolute Gasteiger partial charge is 0.480 e. The molecule has 0 radical (unpaired) electrons. The number of carboxylic acid groups (broad SMARTS) is 1. The Labute approximate surface area is 140 Å². The summed E-state index contributed by atoms with van der Waals surface area (Å²) in [6, 6.07) is -0.939. The zero-order valence-corrected chi connectivity index (χ0v) is 14.8. The highest BCUT2D eigenvalue weighted by Crippen LogP contribution is 2.32. The van der Waals surface area contributed by atoms with Gasteiger partial charge in [-0.1, -0.05) is 20.3 Å². The van der Waals surface area contributed by atoms with Crippen LogP contribution >= 0.6 is 11.3 Å². The van der Waals surface area contributed by atoms with Gasteiger partial charge in [-0.3, -0.25) is 9.59 Å². The maximum Gasteiger partial charge on any atom is 0.326 e. The normalized spacial score (nSPS) is 11.8. The molecule has 6 nitrogen and oxygen atoms in total. The van der Waals surface area contributed by atoms with Gasteiger partial charge in [-0.25, -0.2) is 4.79 Å². The molecule has 0 saturated heterocycles. The number of carbonyl (C=O) groups is 3. The molecule has 0 saturated carbocycles. The molecule has 1 rings (SSSR count). The summed E-state index contributed by atoms with van der Waals surface area (Å²) in [5.41, 5.74) is 1.12. The van der Waals surface area contributed by atoms with Crippen LogP contribution in [-0.4, -0.2) is 28.9 Å². The van der Waals surface area contributed by atoms with Crippen molar-refractivity contribution in [3.05, 3.63) is 16.0 Å². The fourth-order valence-electron chi connectivity index (χ4n) is 2.08. The van der Waals surface area contributed by atoms with Gasteiger partial charge in [-0.05, 0) is 32.3 Å². The number of thiophene rings is 1. The molecule has 0 fully saturated rings. The van der Waals surface area contributed by atoms with Crippen molar-refractivity contribution in [3.8, 4) is 0 Å². The van der Waals surface area contributed by atoms with Crippen LogP contribution in [0.25, 0.3) is 0 Å². The van der Waals surface area contributed by atoms with Gasteiger partial charge in [0.15, 0.2) is 0 Å². The van der Waals surface area contributed by atoms with Crippen LogP contribution in [0.3, 0.4) is 0 Å². The second-order valence-corrected chi connectivity index (χ2v) is 6.64. The van der Waals surface area contributed by atoms with E-state index in [1.807, 2.05) is 13.8 Å². The number of amides is 2. The highest BCUT2D eigenvalue weighted by molar-refractivity contribution is 7.16. The van der Waals surface area contributed by atoms with Crippen LogP contribution in [-0.2, 0) is 9.59 Å². The molecule has 0 aromatic carbocycles. The lowest BCUT2D eigenvalue weighted by Gasteiger charge is -2.13. The van der Waals surface area contributed by atoms with Crippen molar-refractivity contribution in [3.63, 3.8) is 0 Å². The molecule has 1 heterocycles. The van der Waals surface area contributed by atoms with Crippen LogP contribution in [0.2, 0.25) is 0 Å². The van der Waals surface area contributed by atoms with E-state index in [-0.39, 0.29) is 5.91 Å². The first kappa shape index (κ1) is 19.2. The van der Waals surface area contributed by atoms with Crippen molar-refractivity contribution in [2.45, 2.75) is 59.4 Å². The lowest BCUT2D eigenvalue weighted by molar-refractivity contribution is -0.139. The molecule has 2 amide bonds. The Balaban J connectivity index is 2.98. The summed E-state index contributed by atoms with van der Waals surface area (Å²) in [7, 11) is 0. The number of aryl methyl sites for hydroxylation is 1. The average Bonchev–Trinajstić information content (AvgIpc) is 2.76. The zero-order chi connectivity index (χ0) is 17.6. The predicted octanol–water partition coefficient (Wildman–Crippen LogP) is 3.09. The van der Waals surface area contributed by atoms with E-state index in [1.165, 1.54) is 11.3 Å². The summed E-state index contributed by atoms with van der Waals surface area (Å²) >= 11 is 1.33. The van der Waals surface area contributed by atoms with Gasteiger partial charge >= 0.3 is 5.97 Å². The van der Waals surface area contributed by atoms with E-state index in [1.54, 1.807) is 13.8 Å². The minimum absolute atomic E-state index is 0.132. The lowest BCUT2D eigenvalue weighted by atomic mass is 10.1. The number of anilines is 1. The summed E-state index contributed by atoms with van der Waals surface area (Å²) in [6.07, 6.45) is 2.40. The number of carboxylic acids is 1. The van der Waals surface area contributed by atoms with Crippen molar-refractivity contribution >= 4 is 34.1 Å². The van der Waals surface area contributed by atoms with Gasteiger partial charge in [0.05, 0.1) is 5.56 Å². The third-order valence-electron chi connectivity index (χ3n) is 3.63. The van der Waals surface area contributed by atoms with Crippen molar-refractivity contribution < 1.29 is 19.5 Å². The summed E-state index contributed by atoms with van der Waals surface area (Å²) in [5, 5.41) is 14.8. The van der Waals surface area contributed by atoms with E-state index in [2.05, 4.69) is 10.6 Å². The molecule has 0 aliphatic heterocycles. The Hall–Kier alpha value is -1.89. The van der Waals surface area contributed by atoms with Gasteiger partial charge in [0.2, 0.25) is 5.91 Å². The second kappa shape index (κ2) is 8.67. The van der Waals surface area contributed by atoms with E-state index in [0.717, 1.165) is 23.3 Å². The molecule has 0 spiro atoms. The Morgan fingerprint density at radius 2 is 1.87 bits per heavy atom. The minimum Gasteiger partial charge on any atom is -0.480 e. The molecule has 1 aromatic heterocycles. The van der Waals surface area contributed by atoms with Gasteiger partial charge < -0.3 is 15.7 Å². The third-order valence-corrected chi connectivity index (χ3v) is 4.76. The summed E-state index contributed by atoms with van der Waals surface area (Å²) in [6.45, 7) is 7.36. The quantitative estimate of drug-likeness (QED) is 0.677. The molecule has 128 valence electrons. The van der Waals surface area contributed by atoms with Crippen molar-refractivity contribution in [1.82, 2.24) is 5.32 Å². The topological polar surface area (TPSA) is 95.5 Å². The molecule has 7 heteroatoms. The van der Waals surface area contributed by atoms with E-state index in [9.17, 15) is 14.4 Å². The molecule has 23 heavy (non-hydrogen) atoms. The number of carbonyl (C=O) groups excluding carboxylic acids is 2. The highest BCUT2D eigenvalue weighted by Gasteiger charge is 2.25. The van der Waals surface area contributed by atoms with Crippen LogP contribution in [0.15, 0.2) is 0 Å². The molecule has 0 aliphatic carbocycles. The fraction of sp³-hybridized carbons (Fsp3) is 0.562. The Bertz CT molecular complexity index is 595. The molecule has 3 N–H and O–H groups in total. The summed E-state index contributed by atoms with van der Waals surface area (Å²) < 4.78 is 0. The van der Waals surface area contributed by atoms with E-state index in [0.29, 0.717) is 23.4 Å². The van der Waals surface area contributed by atoms with Gasteiger partial charge in [-0.15, -0.1) is 11.3 Å². The van der Waals surface area contributed by atoms with Gasteiger partial charge in [0.1, 0.15) is 11.0 Å². The summed E-state index contributed by atoms with van der Waals surface area (Å²) in [5.74, 6) is -1.67. The van der Waals surface area contributed by atoms with Crippen LogP contribution in [0.5, 0.6) is 0 Å². The molecule has 1 unspecified atom stereocenters. The molecule has 0 bridgehead atoms. The zero-order valence-electron chi connectivity index (χ0n) is 14.0. The van der Waals surface area contributed by atoms with Crippen LogP contribution in [0, 0.1) is 13.8 Å². The first-order chi connectivity index (χ1) is 10.8. The lowest BCUT2D eigenvalue weighted by Crippen LogP contribution is -2.40. The monoisotopic (exact) mass is 340 g/mol. The Morgan fingerprint density at radius 3 is 2.39 bits per heavy atom. The second-order valence-electron chi connectivity index (χ2n) is 5.41. The first-order valence-electron chi connectivity index (χ1n) is 7.75. The summed E-state index contributed by atoms with van der Waals surface area (Å²) in [4.78, 5) is 36.4. The van der Waals surface area contributed by atoms with Gasteiger partial charge in [0, 0.05) is 11.3 Å². The SMILES string of the molecule is CCCCC(=O)Nc1sc(C)c(C)c1C(=O)NC(CC)C(=O)O. The predicted molar refractivity (Wildman–Crippen MR) is 91.1 cm³/mol. The molecular formula is C16H24N2O4S. The number of unbranched alkanes of at least 4 members (excludes halogenated alkanes) is 1. The smallest absolute Gasteiger partial charge is 0.326 e. The maximum atomic E-state index is 12.4. The van der Waals surface area contributed by atoms with Crippen LogP contribution in [0.4, 0.5) is 5.00 Å². The number of hydrogen-bond acceptors (Lipinski definition) is 4. The van der Waals surface area contributed by atoms with E-state index < -0.39 is 17.9 Å². The van der Waals surface area contributed by atoms with Crippen molar-refractivity contribution in [2.24, 2.45) is 0 Å². The molecule has 1 aromatic rings. The van der Waals surface area contributed by atoms with E-state index in [4.69, 9.17) is 5.11 Å². The Morgan fingerprint density at radius 1 is 1.22 bits per heavy atom. The maximum absolute atomic E-state index is 12.4. The average molecular weight is 340 g/mol. The standard InChI is InChI=1S/C16H24N2O4S/c1-5-7-8-12(19)18-15-13(9(3)10(4)23-15)14(20)17-11(6-2)16(21)22/h11H,5-8H2,1-4H3,(H,17,20)(H,18,19)(H,21,22).